The van der Waals surface area contributed by atoms with Crippen molar-refractivity contribution in [3.05, 3.63) is 34.9 Å². The fourth-order valence-corrected chi connectivity index (χ4v) is 6.34. The Hall–Kier alpha value is -1.92. The number of carbonyl (C=O) groups is 2. The lowest BCUT2D eigenvalue weighted by atomic mass is 9.62. The number of amides is 1. The van der Waals surface area contributed by atoms with Gasteiger partial charge >= 0.3 is 5.97 Å². The molecule has 6 heteroatoms. The molecule has 0 unspecified atom stereocenters. The van der Waals surface area contributed by atoms with Crippen molar-refractivity contribution < 1.29 is 19.4 Å². The molecule has 0 radical (unpaired) electrons. The second kappa shape index (κ2) is 10.8. The van der Waals surface area contributed by atoms with E-state index in [1.165, 1.54) is 17.5 Å². The monoisotopic (exact) mass is 444 g/mol. The summed E-state index contributed by atoms with van der Waals surface area (Å²) in [5.41, 5.74) is 8.29. The number of nitrogens with one attached hydrogen (secondary N) is 1. The summed E-state index contributed by atoms with van der Waals surface area (Å²) in [5, 5.41) is 13.6. The van der Waals surface area contributed by atoms with Crippen LogP contribution in [0.2, 0.25) is 0 Å². The van der Waals surface area contributed by atoms with E-state index in [0.717, 1.165) is 44.9 Å². The van der Waals surface area contributed by atoms with Crippen molar-refractivity contribution in [2.45, 2.75) is 89.2 Å². The highest BCUT2D eigenvalue weighted by atomic mass is 16.5. The van der Waals surface area contributed by atoms with Crippen LogP contribution >= 0.6 is 0 Å². The number of hydrogen-bond donors (Lipinski definition) is 3. The predicted molar refractivity (Wildman–Crippen MR) is 126 cm³/mol. The summed E-state index contributed by atoms with van der Waals surface area (Å²) < 4.78 is 5.95. The maximum Gasteiger partial charge on any atom is 0.306 e. The van der Waals surface area contributed by atoms with Gasteiger partial charge < -0.3 is 20.9 Å². The highest BCUT2D eigenvalue weighted by Crippen LogP contribution is 2.44. The zero-order valence-corrected chi connectivity index (χ0v) is 19.9. The van der Waals surface area contributed by atoms with Crippen LogP contribution in [0.25, 0.3) is 0 Å². The van der Waals surface area contributed by atoms with Crippen LogP contribution in [0.15, 0.2) is 18.2 Å². The van der Waals surface area contributed by atoms with Gasteiger partial charge in [0.05, 0.1) is 12.0 Å². The van der Waals surface area contributed by atoms with Crippen molar-refractivity contribution >= 4 is 11.9 Å². The molecule has 2 aliphatic rings. The van der Waals surface area contributed by atoms with Gasteiger partial charge in [-0.2, -0.15) is 0 Å². The fraction of sp³-hybridized carbons (Fsp3) is 0.692. The molecular formula is C26H40N2O4. The van der Waals surface area contributed by atoms with Crippen molar-refractivity contribution in [2.24, 2.45) is 17.6 Å². The molecule has 6 nitrogen and oxygen atoms in total. The first-order valence-corrected chi connectivity index (χ1v) is 12.3. The molecule has 32 heavy (non-hydrogen) atoms. The van der Waals surface area contributed by atoms with E-state index in [9.17, 15) is 14.7 Å². The molecule has 0 bridgehead atoms. The lowest BCUT2D eigenvalue weighted by molar-refractivity contribution is -0.144. The molecule has 1 amide bonds. The Morgan fingerprint density at radius 1 is 1.22 bits per heavy atom. The summed E-state index contributed by atoms with van der Waals surface area (Å²) in [4.78, 5) is 23.9. The van der Waals surface area contributed by atoms with E-state index >= 15 is 0 Å². The number of benzene rings is 1. The van der Waals surface area contributed by atoms with Crippen molar-refractivity contribution in [3.8, 4) is 0 Å². The average molecular weight is 445 g/mol. The normalized spacial score (nSPS) is 24.0. The third-order valence-corrected chi connectivity index (χ3v) is 8.24. The zero-order valence-electron chi connectivity index (χ0n) is 19.9. The second-order valence-corrected chi connectivity index (χ2v) is 9.64. The van der Waals surface area contributed by atoms with Crippen molar-refractivity contribution in [1.29, 1.82) is 0 Å². The summed E-state index contributed by atoms with van der Waals surface area (Å²) in [6.07, 6.45) is 8.72. The molecule has 1 aromatic rings. The molecular weight excluding hydrogens is 404 g/mol. The SMILES string of the molecule is CCC1(CC)c2cc(C(N)=O)ccc2C[C@@H](OC)[C@@H]1NCC[C@H](C(=O)O)C1CCCCC1. The van der Waals surface area contributed by atoms with Crippen molar-refractivity contribution in [1.82, 2.24) is 5.32 Å². The van der Waals surface area contributed by atoms with E-state index in [1.807, 2.05) is 12.1 Å². The number of carboxylic acids is 1. The van der Waals surface area contributed by atoms with Crippen molar-refractivity contribution in [3.63, 3.8) is 0 Å². The molecule has 4 N–H and O–H groups in total. The van der Waals surface area contributed by atoms with Gasteiger partial charge in [0.1, 0.15) is 0 Å². The number of rotatable bonds is 10. The molecule has 0 spiro atoms. The maximum absolute atomic E-state index is 12.0. The minimum atomic E-state index is -0.667. The molecule has 3 rings (SSSR count). The summed E-state index contributed by atoms with van der Waals surface area (Å²) in [6.45, 7) is 5.00. The molecule has 1 aromatic carbocycles. The summed E-state index contributed by atoms with van der Waals surface area (Å²) in [6, 6.07) is 5.83. The second-order valence-electron chi connectivity index (χ2n) is 9.64. The van der Waals surface area contributed by atoms with Crippen LogP contribution in [0.5, 0.6) is 0 Å². The Morgan fingerprint density at radius 2 is 1.91 bits per heavy atom. The molecule has 1 fully saturated rings. The van der Waals surface area contributed by atoms with Crippen LogP contribution < -0.4 is 11.1 Å². The van der Waals surface area contributed by atoms with Crippen LogP contribution in [-0.4, -0.2) is 42.8 Å². The van der Waals surface area contributed by atoms with Crippen LogP contribution in [-0.2, 0) is 21.4 Å². The first-order chi connectivity index (χ1) is 15.4. The topological polar surface area (TPSA) is 102 Å². The predicted octanol–water partition coefficient (Wildman–Crippen LogP) is 4.04. The van der Waals surface area contributed by atoms with Gasteiger partial charge in [0.2, 0.25) is 5.91 Å². The molecule has 178 valence electrons. The Bertz CT molecular complexity index is 799. The highest BCUT2D eigenvalue weighted by molar-refractivity contribution is 5.93. The minimum Gasteiger partial charge on any atom is -0.481 e. The molecule has 3 atom stereocenters. The van der Waals surface area contributed by atoms with Crippen LogP contribution in [0.3, 0.4) is 0 Å². The number of methoxy groups -OCH3 is 1. The molecule has 0 heterocycles. The number of ether oxygens (including phenoxy) is 1. The number of fused-ring (bicyclic) bond motifs is 1. The van der Waals surface area contributed by atoms with E-state index in [4.69, 9.17) is 10.5 Å². The minimum absolute atomic E-state index is 0.0141. The van der Waals surface area contributed by atoms with E-state index in [0.29, 0.717) is 18.5 Å². The van der Waals surface area contributed by atoms with E-state index < -0.39 is 11.9 Å². The largest absolute Gasteiger partial charge is 0.481 e. The standard InChI is InChI=1S/C26H40N2O4/c1-4-26(5-2)21-15-19(24(27)29)12-11-18(21)16-22(32-3)23(26)28-14-13-20(25(30)31)17-9-7-6-8-10-17/h11-12,15,17,20,22-23,28H,4-10,13-14,16H2,1-3H3,(H2,27,29)(H,30,31)/t20-,22+,23-/m0/s1. The molecule has 2 aliphatic carbocycles. The van der Waals surface area contributed by atoms with Crippen LogP contribution in [0.1, 0.15) is 86.7 Å². The van der Waals surface area contributed by atoms with Crippen LogP contribution in [0, 0.1) is 11.8 Å². The smallest absolute Gasteiger partial charge is 0.306 e. The average Bonchev–Trinajstić information content (AvgIpc) is 2.81. The number of hydrogen-bond acceptors (Lipinski definition) is 4. The number of carboxylic acid groups (broad SMARTS) is 1. The fourth-order valence-electron chi connectivity index (χ4n) is 6.34. The number of primary amides is 1. The van der Waals surface area contributed by atoms with Gasteiger partial charge in [-0.05, 0) is 67.8 Å². The lowest BCUT2D eigenvalue weighted by Gasteiger charge is -2.49. The van der Waals surface area contributed by atoms with Gasteiger partial charge in [-0.3, -0.25) is 9.59 Å². The van der Waals surface area contributed by atoms with Gasteiger partial charge in [-0.1, -0.05) is 39.2 Å². The zero-order chi connectivity index (χ0) is 23.3. The summed E-state index contributed by atoms with van der Waals surface area (Å²) in [5.74, 6) is -1.09. The van der Waals surface area contributed by atoms with E-state index in [-0.39, 0.29) is 29.4 Å². The molecule has 0 aliphatic heterocycles. The van der Waals surface area contributed by atoms with Crippen molar-refractivity contribution in [2.75, 3.05) is 13.7 Å². The molecule has 1 saturated carbocycles. The van der Waals surface area contributed by atoms with Gasteiger partial charge in [-0.25, -0.2) is 0 Å². The number of nitrogens with two attached hydrogens (primary N) is 1. The number of carbonyl (C=O) groups excluding carboxylic acids is 1. The Labute approximate surface area is 192 Å². The Balaban J connectivity index is 1.84. The first-order valence-electron chi connectivity index (χ1n) is 12.3. The lowest BCUT2D eigenvalue weighted by Crippen LogP contribution is -2.59. The quantitative estimate of drug-likeness (QED) is 0.505. The number of aliphatic carboxylic acids is 1. The van der Waals surface area contributed by atoms with Gasteiger partial charge in [-0.15, -0.1) is 0 Å². The third kappa shape index (κ3) is 4.86. The maximum atomic E-state index is 12.0. The first kappa shape index (κ1) is 24.7. The van der Waals surface area contributed by atoms with Crippen LogP contribution in [0.4, 0.5) is 0 Å². The summed E-state index contributed by atoms with van der Waals surface area (Å²) >= 11 is 0. The Kier molecular flexibility index (Phi) is 8.34. The summed E-state index contributed by atoms with van der Waals surface area (Å²) in [7, 11) is 1.75. The van der Waals surface area contributed by atoms with Gasteiger partial charge in [0, 0.05) is 30.6 Å². The highest BCUT2D eigenvalue weighted by Gasteiger charge is 2.47. The molecule has 0 aromatic heterocycles. The van der Waals surface area contributed by atoms with Gasteiger partial charge in [0.15, 0.2) is 0 Å². The molecule has 0 saturated heterocycles. The third-order valence-electron chi connectivity index (χ3n) is 8.24. The van der Waals surface area contributed by atoms with Gasteiger partial charge in [0.25, 0.3) is 0 Å². The van der Waals surface area contributed by atoms with E-state index in [1.54, 1.807) is 13.2 Å². The van der Waals surface area contributed by atoms with E-state index in [2.05, 4.69) is 19.2 Å². The Morgan fingerprint density at radius 3 is 2.47 bits per heavy atom.